The maximum Gasteiger partial charge on any atom is 0.231 e. The van der Waals surface area contributed by atoms with Crippen LogP contribution in [0.3, 0.4) is 0 Å². The zero-order valence-electron chi connectivity index (χ0n) is 11.0. The van der Waals surface area contributed by atoms with Crippen molar-refractivity contribution in [2.24, 2.45) is 5.92 Å². The van der Waals surface area contributed by atoms with Gasteiger partial charge >= 0.3 is 0 Å². The number of ether oxygens (including phenoxy) is 3. The third-order valence-electron chi connectivity index (χ3n) is 4.58. The van der Waals surface area contributed by atoms with Crippen molar-refractivity contribution in [3.8, 4) is 11.5 Å². The van der Waals surface area contributed by atoms with Crippen LogP contribution in [0, 0.1) is 5.92 Å². The molecule has 19 heavy (non-hydrogen) atoms. The standard InChI is InChI=1S/C15H19NO3/c1-2-13-14(19-10-18-13)5-12(1)15(8-17-9-15)6-11-3-4-16-7-11/h1-2,5,11,16H,3-4,6-10H2. The van der Waals surface area contributed by atoms with Crippen molar-refractivity contribution in [2.45, 2.75) is 18.3 Å². The highest BCUT2D eigenvalue weighted by molar-refractivity contribution is 5.47. The van der Waals surface area contributed by atoms with Crippen molar-refractivity contribution in [2.75, 3.05) is 33.1 Å². The Bertz CT molecular complexity index is 478. The van der Waals surface area contributed by atoms with E-state index in [1.165, 1.54) is 18.4 Å². The summed E-state index contributed by atoms with van der Waals surface area (Å²) >= 11 is 0. The molecule has 3 aliphatic heterocycles. The van der Waals surface area contributed by atoms with Gasteiger partial charge in [-0.3, -0.25) is 0 Å². The molecule has 3 heterocycles. The van der Waals surface area contributed by atoms with Gasteiger partial charge in [0, 0.05) is 5.41 Å². The van der Waals surface area contributed by atoms with Crippen LogP contribution < -0.4 is 14.8 Å². The molecule has 0 bridgehead atoms. The Kier molecular flexibility index (Phi) is 2.67. The lowest BCUT2D eigenvalue weighted by molar-refractivity contribution is -0.0706. The molecular formula is C15H19NO3. The normalized spacial score (nSPS) is 27.3. The summed E-state index contributed by atoms with van der Waals surface area (Å²) in [6, 6.07) is 6.36. The first-order valence-corrected chi connectivity index (χ1v) is 7.04. The largest absolute Gasteiger partial charge is 0.454 e. The lowest BCUT2D eigenvalue weighted by atomic mass is 9.72. The highest BCUT2D eigenvalue weighted by atomic mass is 16.7. The van der Waals surface area contributed by atoms with Gasteiger partial charge in [-0.1, -0.05) is 6.07 Å². The van der Waals surface area contributed by atoms with Crippen molar-refractivity contribution in [1.82, 2.24) is 5.32 Å². The van der Waals surface area contributed by atoms with E-state index < -0.39 is 0 Å². The molecule has 0 aliphatic carbocycles. The molecule has 3 aliphatic rings. The van der Waals surface area contributed by atoms with E-state index in [9.17, 15) is 0 Å². The summed E-state index contributed by atoms with van der Waals surface area (Å²) in [5, 5.41) is 3.45. The van der Waals surface area contributed by atoms with Gasteiger partial charge in [-0.05, 0) is 49.5 Å². The molecule has 1 atom stereocenters. The van der Waals surface area contributed by atoms with Crippen LogP contribution in [0.4, 0.5) is 0 Å². The monoisotopic (exact) mass is 261 g/mol. The van der Waals surface area contributed by atoms with Crippen molar-refractivity contribution in [3.05, 3.63) is 23.8 Å². The summed E-state index contributed by atoms with van der Waals surface area (Å²) in [5.41, 5.74) is 1.53. The Morgan fingerprint density at radius 2 is 2.11 bits per heavy atom. The van der Waals surface area contributed by atoms with Crippen molar-refractivity contribution >= 4 is 0 Å². The molecule has 102 valence electrons. The SMILES string of the molecule is c1cc2c(cc1C1(CC3CCNC3)COC1)OCO2. The fraction of sp³-hybridized carbons (Fsp3) is 0.600. The van der Waals surface area contributed by atoms with Gasteiger partial charge in [0.15, 0.2) is 11.5 Å². The molecule has 2 saturated heterocycles. The molecule has 4 nitrogen and oxygen atoms in total. The molecule has 2 fully saturated rings. The lowest BCUT2D eigenvalue weighted by Gasteiger charge is -2.43. The molecule has 0 aromatic heterocycles. The summed E-state index contributed by atoms with van der Waals surface area (Å²) in [7, 11) is 0. The fourth-order valence-corrected chi connectivity index (χ4v) is 3.42. The fourth-order valence-electron chi connectivity index (χ4n) is 3.42. The van der Waals surface area contributed by atoms with Crippen LogP contribution in [-0.2, 0) is 10.2 Å². The van der Waals surface area contributed by atoms with Crippen LogP contribution in [0.15, 0.2) is 18.2 Å². The molecule has 1 aromatic carbocycles. The van der Waals surface area contributed by atoms with Gasteiger partial charge < -0.3 is 19.5 Å². The summed E-state index contributed by atoms with van der Waals surface area (Å²) in [4.78, 5) is 0. The molecule has 4 heteroatoms. The first-order chi connectivity index (χ1) is 9.36. The van der Waals surface area contributed by atoms with Crippen LogP contribution in [0.1, 0.15) is 18.4 Å². The minimum atomic E-state index is 0.192. The van der Waals surface area contributed by atoms with E-state index in [1.807, 2.05) is 6.07 Å². The van der Waals surface area contributed by atoms with Gasteiger partial charge in [0.05, 0.1) is 13.2 Å². The van der Waals surface area contributed by atoms with Crippen LogP contribution in [0.25, 0.3) is 0 Å². The Morgan fingerprint density at radius 3 is 2.84 bits per heavy atom. The van der Waals surface area contributed by atoms with Crippen LogP contribution in [0.2, 0.25) is 0 Å². The third-order valence-corrected chi connectivity index (χ3v) is 4.58. The Labute approximate surface area is 113 Å². The summed E-state index contributed by atoms with van der Waals surface area (Å²) in [6.07, 6.45) is 2.49. The third kappa shape index (κ3) is 1.90. The number of fused-ring (bicyclic) bond motifs is 1. The number of benzene rings is 1. The number of rotatable bonds is 3. The lowest BCUT2D eigenvalue weighted by Crippen LogP contribution is -2.48. The van der Waals surface area contributed by atoms with E-state index in [2.05, 4.69) is 17.4 Å². The summed E-state index contributed by atoms with van der Waals surface area (Å²) in [6.45, 7) is 4.32. The summed E-state index contributed by atoms with van der Waals surface area (Å²) in [5.74, 6) is 2.52. The minimum absolute atomic E-state index is 0.192. The summed E-state index contributed by atoms with van der Waals surface area (Å²) < 4.78 is 16.4. The molecule has 1 unspecified atom stereocenters. The first kappa shape index (κ1) is 11.6. The van der Waals surface area contributed by atoms with Crippen LogP contribution in [0.5, 0.6) is 11.5 Å². The van der Waals surface area contributed by atoms with E-state index >= 15 is 0 Å². The predicted octanol–water partition coefficient (Wildman–Crippen LogP) is 1.68. The van der Waals surface area contributed by atoms with E-state index in [1.54, 1.807) is 0 Å². The van der Waals surface area contributed by atoms with E-state index in [0.717, 1.165) is 43.7 Å². The molecule has 0 amide bonds. The second kappa shape index (κ2) is 4.39. The Hall–Kier alpha value is -1.26. The minimum Gasteiger partial charge on any atom is -0.454 e. The number of nitrogens with one attached hydrogen (secondary N) is 1. The molecule has 4 rings (SSSR count). The average molecular weight is 261 g/mol. The van der Waals surface area contributed by atoms with Crippen LogP contribution in [-0.4, -0.2) is 33.1 Å². The van der Waals surface area contributed by atoms with Gasteiger partial charge in [0.1, 0.15) is 0 Å². The molecule has 0 saturated carbocycles. The second-order valence-corrected chi connectivity index (χ2v) is 5.90. The molecule has 0 spiro atoms. The number of hydrogen-bond donors (Lipinski definition) is 1. The Morgan fingerprint density at radius 1 is 1.21 bits per heavy atom. The maximum absolute atomic E-state index is 5.53. The topological polar surface area (TPSA) is 39.7 Å². The highest BCUT2D eigenvalue weighted by Gasteiger charge is 2.43. The van der Waals surface area contributed by atoms with Gasteiger partial charge in [-0.2, -0.15) is 0 Å². The zero-order valence-corrected chi connectivity index (χ0v) is 11.0. The maximum atomic E-state index is 5.53. The second-order valence-electron chi connectivity index (χ2n) is 5.90. The molecule has 1 N–H and O–H groups in total. The van der Waals surface area contributed by atoms with Crippen LogP contribution >= 0.6 is 0 Å². The molecular weight excluding hydrogens is 242 g/mol. The average Bonchev–Trinajstić information content (AvgIpc) is 3.04. The Balaban J connectivity index is 1.60. The molecule has 1 aromatic rings. The van der Waals surface area contributed by atoms with Crippen molar-refractivity contribution in [1.29, 1.82) is 0 Å². The van der Waals surface area contributed by atoms with Gasteiger partial charge in [0.25, 0.3) is 0 Å². The van der Waals surface area contributed by atoms with Crippen molar-refractivity contribution < 1.29 is 14.2 Å². The van der Waals surface area contributed by atoms with E-state index in [0.29, 0.717) is 6.79 Å². The van der Waals surface area contributed by atoms with Gasteiger partial charge in [-0.15, -0.1) is 0 Å². The first-order valence-electron chi connectivity index (χ1n) is 7.04. The quantitative estimate of drug-likeness (QED) is 0.898. The van der Waals surface area contributed by atoms with E-state index in [-0.39, 0.29) is 5.41 Å². The number of hydrogen-bond acceptors (Lipinski definition) is 4. The van der Waals surface area contributed by atoms with Gasteiger partial charge in [0.2, 0.25) is 6.79 Å². The molecule has 0 radical (unpaired) electrons. The van der Waals surface area contributed by atoms with Gasteiger partial charge in [-0.25, -0.2) is 0 Å². The van der Waals surface area contributed by atoms with Crippen molar-refractivity contribution in [3.63, 3.8) is 0 Å². The van der Waals surface area contributed by atoms with E-state index in [4.69, 9.17) is 14.2 Å². The predicted molar refractivity (Wildman–Crippen MR) is 70.7 cm³/mol. The zero-order chi connectivity index (χ0) is 12.7. The highest BCUT2D eigenvalue weighted by Crippen LogP contribution is 2.43. The smallest absolute Gasteiger partial charge is 0.231 e.